The summed E-state index contributed by atoms with van der Waals surface area (Å²) in [6.07, 6.45) is 8.79. The summed E-state index contributed by atoms with van der Waals surface area (Å²) >= 11 is 0. The van der Waals surface area contributed by atoms with Crippen LogP contribution in [-0.4, -0.2) is 11.6 Å². The van der Waals surface area contributed by atoms with Gasteiger partial charge in [0.1, 0.15) is 0 Å². The molecule has 3 atom stereocenters. The van der Waals surface area contributed by atoms with E-state index < -0.39 is 11.6 Å². The maximum absolute atomic E-state index is 6.67. The standard InChI is InChI=1S/C21H30O3/c1-3-19-11-7-8-16(2)21(19)22-20(23-24-21)14-12-18(13-15-20)17-9-5-4-6-10-17/h4-6,9-10,16,18-19H,3,7-8,11-15H2,1-2H3. The van der Waals surface area contributed by atoms with Crippen LogP contribution in [0.5, 0.6) is 0 Å². The topological polar surface area (TPSA) is 27.7 Å². The largest absolute Gasteiger partial charge is 0.312 e. The Morgan fingerprint density at radius 1 is 1.00 bits per heavy atom. The molecule has 3 aliphatic rings. The fourth-order valence-electron chi connectivity index (χ4n) is 5.07. The molecule has 0 N–H and O–H groups in total. The zero-order valence-electron chi connectivity index (χ0n) is 15.0. The lowest BCUT2D eigenvalue weighted by Gasteiger charge is -2.43. The van der Waals surface area contributed by atoms with Crippen LogP contribution in [0.3, 0.4) is 0 Å². The van der Waals surface area contributed by atoms with Crippen LogP contribution in [-0.2, 0) is 14.5 Å². The van der Waals surface area contributed by atoms with E-state index >= 15 is 0 Å². The van der Waals surface area contributed by atoms with Gasteiger partial charge in [-0.3, -0.25) is 0 Å². The summed E-state index contributed by atoms with van der Waals surface area (Å²) in [4.78, 5) is 11.9. The quantitative estimate of drug-likeness (QED) is 0.664. The number of benzene rings is 1. The fraction of sp³-hybridized carbons (Fsp3) is 0.714. The summed E-state index contributed by atoms with van der Waals surface area (Å²) in [7, 11) is 0. The molecule has 24 heavy (non-hydrogen) atoms. The minimum Gasteiger partial charge on any atom is -0.312 e. The van der Waals surface area contributed by atoms with Gasteiger partial charge in [0.05, 0.1) is 0 Å². The van der Waals surface area contributed by atoms with Crippen molar-refractivity contribution in [3.63, 3.8) is 0 Å². The van der Waals surface area contributed by atoms with Crippen LogP contribution >= 0.6 is 0 Å². The summed E-state index contributed by atoms with van der Waals surface area (Å²) in [6.45, 7) is 4.51. The van der Waals surface area contributed by atoms with Gasteiger partial charge >= 0.3 is 0 Å². The molecule has 3 heteroatoms. The minimum atomic E-state index is -0.510. The summed E-state index contributed by atoms with van der Waals surface area (Å²) in [5, 5.41) is 0. The highest BCUT2D eigenvalue weighted by molar-refractivity contribution is 5.20. The van der Waals surface area contributed by atoms with Crippen LogP contribution in [0.25, 0.3) is 0 Å². The molecule has 0 amide bonds. The van der Waals surface area contributed by atoms with Crippen molar-refractivity contribution in [2.24, 2.45) is 11.8 Å². The maximum Gasteiger partial charge on any atom is 0.210 e. The molecule has 132 valence electrons. The van der Waals surface area contributed by atoms with E-state index in [2.05, 4.69) is 44.2 Å². The molecule has 4 rings (SSSR count). The minimum absolute atomic E-state index is 0.405. The van der Waals surface area contributed by atoms with Gasteiger partial charge in [0.2, 0.25) is 11.6 Å². The molecule has 3 nitrogen and oxygen atoms in total. The molecular formula is C21H30O3. The lowest BCUT2D eigenvalue weighted by atomic mass is 9.74. The van der Waals surface area contributed by atoms with Gasteiger partial charge < -0.3 is 4.74 Å². The van der Waals surface area contributed by atoms with Crippen molar-refractivity contribution >= 4 is 0 Å². The van der Waals surface area contributed by atoms with Crippen molar-refractivity contribution in [1.29, 1.82) is 0 Å². The third kappa shape index (κ3) is 2.71. The Morgan fingerprint density at radius 3 is 2.46 bits per heavy atom. The fourth-order valence-corrected chi connectivity index (χ4v) is 5.07. The van der Waals surface area contributed by atoms with E-state index in [1.807, 2.05) is 0 Å². The number of hydrogen-bond acceptors (Lipinski definition) is 3. The SMILES string of the molecule is CCC1CCCC(C)C12OOC1(CCC(c3ccccc3)CC1)O2. The second-order valence-corrected chi connectivity index (χ2v) is 8.02. The third-order valence-corrected chi connectivity index (χ3v) is 6.63. The molecule has 2 aliphatic carbocycles. The van der Waals surface area contributed by atoms with Crippen LogP contribution in [0.15, 0.2) is 30.3 Å². The Labute approximate surface area is 145 Å². The van der Waals surface area contributed by atoms with Crippen molar-refractivity contribution < 1.29 is 14.5 Å². The summed E-state index contributed by atoms with van der Waals surface area (Å²) in [5.41, 5.74) is 1.44. The molecule has 0 aromatic heterocycles. The van der Waals surface area contributed by atoms with Crippen LogP contribution in [0.1, 0.15) is 76.7 Å². The molecular weight excluding hydrogens is 300 g/mol. The number of ether oxygens (including phenoxy) is 1. The van der Waals surface area contributed by atoms with Crippen LogP contribution < -0.4 is 0 Å². The average Bonchev–Trinajstić information content (AvgIpc) is 2.99. The Kier molecular flexibility index (Phi) is 4.44. The van der Waals surface area contributed by atoms with E-state index in [0.29, 0.717) is 17.8 Å². The Morgan fingerprint density at radius 2 is 1.75 bits per heavy atom. The molecule has 3 fully saturated rings. The van der Waals surface area contributed by atoms with E-state index in [1.54, 1.807) is 0 Å². The van der Waals surface area contributed by atoms with Gasteiger partial charge in [0.15, 0.2) is 0 Å². The van der Waals surface area contributed by atoms with E-state index in [1.165, 1.54) is 24.8 Å². The van der Waals surface area contributed by atoms with Crippen LogP contribution in [0.4, 0.5) is 0 Å². The van der Waals surface area contributed by atoms with E-state index in [0.717, 1.165) is 32.1 Å². The monoisotopic (exact) mass is 330 g/mol. The van der Waals surface area contributed by atoms with Crippen molar-refractivity contribution in [3.05, 3.63) is 35.9 Å². The molecule has 1 heterocycles. The lowest BCUT2D eigenvalue weighted by molar-refractivity contribution is -0.375. The highest BCUT2D eigenvalue weighted by Gasteiger charge is 2.60. The Hall–Kier alpha value is -0.900. The molecule has 0 bridgehead atoms. The van der Waals surface area contributed by atoms with Crippen molar-refractivity contribution in [2.75, 3.05) is 0 Å². The van der Waals surface area contributed by atoms with Crippen molar-refractivity contribution in [3.8, 4) is 0 Å². The smallest absolute Gasteiger partial charge is 0.210 e. The highest BCUT2D eigenvalue weighted by atomic mass is 17.3. The van der Waals surface area contributed by atoms with Gasteiger partial charge in [-0.1, -0.05) is 50.6 Å². The van der Waals surface area contributed by atoms with Crippen molar-refractivity contribution in [1.82, 2.24) is 0 Å². The predicted molar refractivity (Wildman–Crippen MR) is 93.2 cm³/mol. The first-order chi connectivity index (χ1) is 11.7. The van der Waals surface area contributed by atoms with Crippen LogP contribution in [0, 0.1) is 11.8 Å². The predicted octanol–water partition coefficient (Wildman–Crippen LogP) is 5.56. The molecule has 2 spiro atoms. The van der Waals surface area contributed by atoms with Crippen LogP contribution in [0.2, 0.25) is 0 Å². The summed E-state index contributed by atoms with van der Waals surface area (Å²) in [5.74, 6) is 0.456. The number of rotatable bonds is 2. The molecule has 1 aliphatic heterocycles. The Bertz CT molecular complexity index is 549. The van der Waals surface area contributed by atoms with E-state index in [9.17, 15) is 0 Å². The van der Waals surface area contributed by atoms with Gasteiger partial charge in [-0.15, -0.1) is 0 Å². The number of hydrogen-bond donors (Lipinski definition) is 0. The van der Waals surface area contributed by atoms with E-state index in [-0.39, 0.29) is 0 Å². The first kappa shape index (κ1) is 16.6. The normalized spacial score (nSPS) is 42.7. The van der Waals surface area contributed by atoms with Gasteiger partial charge in [-0.05, 0) is 43.6 Å². The average molecular weight is 330 g/mol. The zero-order valence-corrected chi connectivity index (χ0v) is 15.0. The van der Waals surface area contributed by atoms with Gasteiger partial charge in [-0.25, -0.2) is 0 Å². The first-order valence-corrected chi connectivity index (χ1v) is 9.79. The molecule has 0 radical (unpaired) electrons. The van der Waals surface area contributed by atoms with Gasteiger partial charge in [0, 0.05) is 24.7 Å². The van der Waals surface area contributed by atoms with Gasteiger partial charge in [0.25, 0.3) is 0 Å². The molecule has 2 saturated carbocycles. The van der Waals surface area contributed by atoms with Crippen molar-refractivity contribution in [2.45, 2.75) is 82.7 Å². The Balaban J connectivity index is 1.47. The molecule has 1 aromatic carbocycles. The third-order valence-electron chi connectivity index (χ3n) is 6.63. The summed E-state index contributed by atoms with van der Waals surface area (Å²) in [6, 6.07) is 10.8. The van der Waals surface area contributed by atoms with E-state index in [4.69, 9.17) is 14.5 Å². The van der Waals surface area contributed by atoms with Gasteiger partial charge in [-0.2, -0.15) is 9.78 Å². The second-order valence-electron chi connectivity index (χ2n) is 8.02. The first-order valence-electron chi connectivity index (χ1n) is 9.79. The molecule has 3 unspecified atom stereocenters. The highest BCUT2D eigenvalue weighted by Crippen LogP contribution is 2.54. The maximum atomic E-state index is 6.67. The zero-order chi connectivity index (χ0) is 16.6. The molecule has 1 saturated heterocycles. The summed E-state index contributed by atoms with van der Waals surface area (Å²) < 4.78 is 6.67. The lowest BCUT2D eigenvalue weighted by Crippen LogP contribution is -2.50. The second kappa shape index (κ2) is 6.44. The molecule has 1 aromatic rings.